The summed E-state index contributed by atoms with van der Waals surface area (Å²) in [6, 6.07) is 17.4. The Morgan fingerprint density at radius 2 is 0.738 bits per heavy atom. The van der Waals surface area contributed by atoms with E-state index in [4.69, 9.17) is 37.9 Å². The van der Waals surface area contributed by atoms with Gasteiger partial charge in [0.05, 0.1) is 0 Å². The first-order chi connectivity index (χ1) is 29.3. The lowest BCUT2D eigenvalue weighted by atomic mass is 9.93. The van der Waals surface area contributed by atoms with Crippen LogP contribution in [0.25, 0.3) is 21.5 Å². The van der Waals surface area contributed by atoms with Crippen molar-refractivity contribution >= 4 is 45.4 Å². The number of ether oxygens (including phenoxy) is 8. The van der Waals surface area contributed by atoms with E-state index < -0.39 is 48.3 Å². The fourth-order valence-corrected chi connectivity index (χ4v) is 5.57. The maximum Gasteiger partial charge on any atom is 0.330 e. The fraction of sp³-hybridized carbons (Fsp3) is 0.289. The normalized spacial score (nSPS) is 12.8. The summed E-state index contributed by atoms with van der Waals surface area (Å²) in [6.07, 6.45) is -0.780. The molecule has 0 aliphatic heterocycles. The van der Waals surface area contributed by atoms with Crippen molar-refractivity contribution in [3.8, 4) is 23.0 Å². The van der Waals surface area contributed by atoms with Crippen LogP contribution < -0.4 is 18.9 Å². The summed E-state index contributed by atoms with van der Waals surface area (Å²) in [6.45, 7) is 11.0. The van der Waals surface area contributed by atoms with Crippen molar-refractivity contribution in [3.05, 3.63) is 122 Å². The van der Waals surface area contributed by atoms with Gasteiger partial charge in [-0.2, -0.15) is 0 Å². The average Bonchev–Trinajstić information content (AvgIpc) is 3.28. The SMILES string of the molecule is C=CC(=O)OCC(O)COc1ccc2ccc(OCC(O)COC(=O)C=C)c(Cc3c(OCC(O)COC(=O)C=C)ccc4ccc(OCC(O)COC(=O)C=C)cc34)c2c1. The monoisotopic (exact) mass is 844 g/mol. The van der Waals surface area contributed by atoms with Gasteiger partial charge in [-0.05, 0) is 57.9 Å². The second-order valence-electron chi connectivity index (χ2n) is 13.2. The minimum atomic E-state index is -1.22. The zero-order valence-electron chi connectivity index (χ0n) is 33.3. The minimum Gasteiger partial charge on any atom is -0.491 e. The summed E-state index contributed by atoms with van der Waals surface area (Å²) in [4.78, 5) is 46.3. The van der Waals surface area contributed by atoms with E-state index in [0.717, 1.165) is 35.1 Å². The summed E-state index contributed by atoms with van der Waals surface area (Å²) in [5, 5.41) is 44.8. The Hall–Kier alpha value is -6.72. The Kier molecular flexibility index (Phi) is 18.3. The first kappa shape index (κ1) is 47.0. The third kappa shape index (κ3) is 14.8. The molecule has 61 heavy (non-hydrogen) atoms. The van der Waals surface area contributed by atoms with Crippen LogP contribution in [0, 0.1) is 0 Å². The summed E-state index contributed by atoms with van der Waals surface area (Å²) in [7, 11) is 0. The molecule has 0 aliphatic rings. The second-order valence-corrected chi connectivity index (χ2v) is 13.2. The average molecular weight is 845 g/mol. The van der Waals surface area contributed by atoms with Gasteiger partial charge in [-0.25, -0.2) is 19.2 Å². The van der Waals surface area contributed by atoms with Crippen LogP contribution >= 0.6 is 0 Å². The van der Waals surface area contributed by atoms with Crippen LogP contribution in [0.1, 0.15) is 11.1 Å². The van der Waals surface area contributed by atoms with Crippen molar-refractivity contribution in [1.29, 1.82) is 0 Å². The number of carbonyl (C=O) groups excluding carboxylic acids is 4. The molecular weight excluding hydrogens is 796 g/mol. The van der Waals surface area contributed by atoms with Gasteiger partial charge < -0.3 is 58.3 Å². The van der Waals surface area contributed by atoms with Crippen molar-refractivity contribution in [2.75, 3.05) is 52.9 Å². The number of fused-ring (bicyclic) bond motifs is 2. The fourth-order valence-electron chi connectivity index (χ4n) is 5.57. The summed E-state index contributed by atoms with van der Waals surface area (Å²) in [5.74, 6) is -1.51. The number of hydrogen-bond acceptors (Lipinski definition) is 16. The lowest BCUT2D eigenvalue weighted by molar-refractivity contribution is -0.142. The van der Waals surface area contributed by atoms with E-state index in [1.165, 1.54) is 0 Å². The topological polar surface area (TPSA) is 223 Å². The molecule has 0 radical (unpaired) electrons. The molecule has 0 aliphatic carbocycles. The zero-order valence-corrected chi connectivity index (χ0v) is 33.3. The van der Waals surface area contributed by atoms with Crippen molar-refractivity contribution < 1.29 is 77.5 Å². The first-order valence-electron chi connectivity index (χ1n) is 18.8. The van der Waals surface area contributed by atoms with Gasteiger partial charge in [0.15, 0.2) is 0 Å². The lowest BCUT2D eigenvalue weighted by Gasteiger charge is -2.21. The maximum absolute atomic E-state index is 11.6. The van der Waals surface area contributed by atoms with Crippen molar-refractivity contribution in [2.24, 2.45) is 0 Å². The molecule has 0 amide bonds. The molecule has 4 atom stereocenters. The molecule has 0 spiro atoms. The van der Waals surface area contributed by atoms with E-state index in [-0.39, 0.29) is 59.3 Å². The van der Waals surface area contributed by atoms with E-state index in [0.29, 0.717) is 44.9 Å². The smallest absolute Gasteiger partial charge is 0.330 e. The zero-order chi connectivity index (χ0) is 44.3. The van der Waals surface area contributed by atoms with Gasteiger partial charge in [0, 0.05) is 41.9 Å². The van der Waals surface area contributed by atoms with E-state index in [1.54, 1.807) is 60.7 Å². The summed E-state index contributed by atoms with van der Waals surface area (Å²) < 4.78 is 43.9. The van der Waals surface area contributed by atoms with Gasteiger partial charge in [-0.1, -0.05) is 50.6 Å². The number of aliphatic hydroxyl groups excluding tert-OH is 4. The summed E-state index contributed by atoms with van der Waals surface area (Å²) in [5.41, 5.74) is 1.14. The second kappa shape index (κ2) is 23.8. The lowest BCUT2D eigenvalue weighted by Crippen LogP contribution is -2.25. The Morgan fingerprint density at radius 3 is 1.05 bits per heavy atom. The Morgan fingerprint density at radius 1 is 0.443 bits per heavy atom. The first-order valence-corrected chi connectivity index (χ1v) is 18.8. The van der Waals surface area contributed by atoms with Gasteiger partial charge in [-0.15, -0.1) is 0 Å². The van der Waals surface area contributed by atoms with E-state index in [1.807, 2.05) is 0 Å². The standard InChI is InChI=1S/C45H48O16/c1-5-42(50)58-24-30(46)20-54-34-13-9-28-11-15-40(56-22-32(48)26-60-44(52)7-3)38(36(28)17-34)19-39-37-18-35(55-21-31(47)25-59-43(51)6-2)14-10-29(37)12-16-41(39)57-23-33(49)27-61-45(53)8-4/h5-18,30-33,46-49H,1-4,19-27H2. The summed E-state index contributed by atoms with van der Waals surface area (Å²) >= 11 is 0. The predicted octanol–water partition coefficient (Wildman–Crippen LogP) is 3.46. The number of hydrogen-bond donors (Lipinski definition) is 4. The van der Waals surface area contributed by atoms with E-state index in [9.17, 15) is 39.6 Å². The number of carbonyl (C=O) groups is 4. The van der Waals surface area contributed by atoms with Crippen LogP contribution in [0.3, 0.4) is 0 Å². The van der Waals surface area contributed by atoms with Crippen LogP contribution in [0.5, 0.6) is 23.0 Å². The van der Waals surface area contributed by atoms with Crippen LogP contribution in [-0.2, 0) is 44.5 Å². The van der Waals surface area contributed by atoms with Gasteiger partial charge in [0.1, 0.15) is 100 Å². The van der Waals surface area contributed by atoms with Crippen LogP contribution in [0.2, 0.25) is 0 Å². The van der Waals surface area contributed by atoms with Gasteiger partial charge in [0.25, 0.3) is 0 Å². The van der Waals surface area contributed by atoms with Crippen LogP contribution in [0.4, 0.5) is 0 Å². The predicted molar refractivity (Wildman–Crippen MR) is 221 cm³/mol. The van der Waals surface area contributed by atoms with Crippen LogP contribution in [-0.4, -0.2) is 122 Å². The number of benzene rings is 4. The highest BCUT2D eigenvalue weighted by Gasteiger charge is 2.20. The highest BCUT2D eigenvalue weighted by atomic mass is 16.6. The number of aliphatic hydroxyl groups is 4. The van der Waals surface area contributed by atoms with Gasteiger partial charge in [-0.3, -0.25) is 0 Å². The molecule has 0 heterocycles. The third-order valence-corrected chi connectivity index (χ3v) is 8.56. The Balaban J connectivity index is 1.78. The molecule has 4 aromatic rings. The van der Waals surface area contributed by atoms with Gasteiger partial charge >= 0.3 is 23.9 Å². The highest BCUT2D eigenvalue weighted by Crippen LogP contribution is 2.38. The molecule has 4 rings (SSSR count). The molecule has 4 aromatic carbocycles. The van der Waals surface area contributed by atoms with E-state index in [2.05, 4.69) is 26.3 Å². The molecule has 0 aromatic heterocycles. The molecule has 4 N–H and O–H groups in total. The highest BCUT2D eigenvalue weighted by molar-refractivity contribution is 5.93. The van der Waals surface area contributed by atoms with Crippen molar-refractivity contribution in [1.82, 2.24) is 0 Å². The molecule has 0 saturated carbocycles. The Bertz CT molecular complexity index is 2030. The Labute approximate surface area is 351 Å². The van der Waals surface area contributed by atoms with E-state index >= 15 is 0 Å². The van der Waals surface area contributed by atoms with Gasteiger partial charge in [0.2, 0.25) is 0 Å². The molecule has 0 fully saturated rings. The number of rotatable bonds is 26. The number of esters is 4. The minimum absolute atomic E-state index is 0.0790. The molecule has 4 unspecified atom stereocenters. The van der Waals surface area contributed by atoms with Crippen molar-refractivity contribution in [2.45, 2.75) is 30.8 Å². The molecule has 324 valence electrons. The van der Waals surface area contributed by atoms with Crippen molar-refractivity contribution in [3.63, 3.8) is 0 Å². The molecular formula is C45H48O16. The molecule has 0 saturated heterocycles. The maximum atomic E-state index is 11.6. The quantitative estimate of drug-likeness (QED) is 0.0404. The molecule has 0 bridgehead atoms. The molecule has 16 heteroatoms. The largest absolute Gasteiger partial charge is 0.491 e. The molecule has 16 nitrogen and oxygen atoms in total. The third-order valence-electron chi connectivity index (χ3n) is 8.56. The van der Waals surface area contributed by atoms with Crippen LogP contribution in [0.15, 0.2) is 111 Å².